The van der Waals surface area contributed by atoms with Gasteiger partial charge in [-0.15, -0.1) is 11.3 Å². The number of benzene rings is 2. The number of hydrogen-bond acceptors (Lipinski definition) is 6. The molecule has 0 bridgehead atoms. The van der Waals surface area contributed by atoms with Crippen LogP contribution in [-0.4, -0.2) is 30.7 Å². The predicted molar refractivity (Wildman–Crippen MR) is 126 cm³/mol. The SMILES string of the molecule is Cn1cnc(-c2cccc(N(C(=O)O)c3ccccc3)c2)c1-c1cc2c(N)ncnc2s1. The van der Waals surface area contributed by atoms with Gasteiger partial charge >= 0.3 is 6.09 Å². The number of thiophene rings is 1. The lowest BCUT2D eigenvalue weighted by molar-refractivity contribution is 0.205. The summed E-state index contributed by atoms with van der Waals surface area (Å²) in [5.74, 6) is 0.433. The third-order valence-electron chi connectivity index (χ3n) is 5.11. The molecule has 0 saturated carbocycles. The zero-order chi connectivity index (χ0) is 22.2. The summed E-state index contributed by atoms with van der Waals surface area (Å²) in [6.45, 7) is 0. The summed E-state index contributed by atoms with van der Waals surface area (Å²) >= 11 is 1.51. The van der Waals surface area contributed by atoms with Crippen LogP contribution < -0.4 is 10.6 Å². The number of aromatic nitrogens is 4. The standard InChI is InChI=1S/C23H18N6O2S/c1-28-13-27-19(20(28)18-11-17-21(24)25-12-26-22(17)32-18)14-6-5-9-16(10-14)29(23(30)31)15-7-3-2-4-8-15/h2-13H,1H3,(H,30,31)(H2,24,25,26). The maximum atomic E-state index is 12.1. The molecule has 0 spiro atoms. The highest BCUT2D eigenvalue weighted by Crippen LogP contribution is 2.39. The van der Waals surface area contributed by atoms with Gasteiger partial charge in [0.05, 0.1) is 39.4 Å². The molecular weight excluding hydrogens is 424 g/mol. The number of para-hydroxylation sites is 1. The number of anilines is 3. The van der Waals surface area contributed by atoms with Crippen LogP contribution in [0.25, 0.3) is 32.0 Å². The molecule has 3 heterocycles. The Morgan fingerprint density at radius 3 is 2.56 bits per heavy atom. The number of carboxylic acid groups (broad SMARTS) is 1. The second-order valence-electron chi connectivity index (χ2n) is 7.14. The molecular formula is C23H18N6O2S. The van der Waals surface area contributed by atoms with Crippen molar-refractivity contribution in [3.8, 4) is 21.8 Å². The van der Waals surface area contributed by atoms with Crippen LogP contribution in [0.3, 0.4) is 0 Å². The summed E-state index contributed by atoms with van der Waals surface area (Å²) in [4.78, 5) is 28.1. The molecule has 9 heteroatoms. The Morgan fingerprint density at radius 1 is 1.03 bits per heavy atom. The van der Waals surface area contributed by atoms with Crippen LogP contribution in [0.15, 0.2) is 73.3 Å². The molecule has 0 aliphatic carbocycles. The fourth-order valence-electron chi connectivity index (χ4n) is 3.66. The minimum absolute atomic E-state index is 0.433. The average Bonchev–Trinajstić information content (AvgIpc) is 3.39. The molecule has 2 aromatic carbocycles. The zero-order valence-corrected chi connectivity index (χ0v) is 17.8. The van der Waals surface area contributed by atoms with E-state index in [0.717, 1.165) is 32.0 Å². The summed E-state index contributed by atoms with van der Waals surface area (Å²) in [5.41, 5.74) is 9.56. The highest BCUT2D eigenvalue weighted by molar-refractivity contribution is 7.21. The van der Waals surface area contributed by atoms with Gasteiger partial charge in [-0.05, 0) is 30.3 Å². The zero-order valence-electron chi connectivity index (χ0n) is 17.0. The summed E-state index contributed by atoms with van der Waals surface area (Å²) in [7, 11) is 1.92. The molecule has 3 aromatic heterocycles. The van der Waals surface area contributed by atoms with Gasteiger partial charge in [0.25, 0.3) is 0 Å². The summed E-state index contributed by atoms with van der Waals surface area (Å²) < 4.78 is 1.93. The van der Waals surface area contributed by atoms with Crippen LogP contribution in [-0.2, 0) is 7.05 Å². The minimum Gasteiger partial charge on any atom is -0.464 e. The van der Waals surface area contributed by atoms with E-state index in [2.05, 4.69) is 15.0 Å². The van der Waals surface area contributed by atoms with Crippen molar-refractivity contribution in [1.82, 2.24) is 19.5 Å². The molecule has 1 amide bonds. The molecule has 5 rings (SSSR count). The van der Waals surface area contributed by atoms with Gasteiger partial charge < -0.3 is 15.4 Å². The summed E-state index contributed by atoms with van der Waals surface area (Å²) in [6, 6.07) is 18.3. The van der Waals surface area contributed by atoms with Gasteiger partial charge in [-0.1, -0.05) is 30.3 Å². The highest BCUT2D eigenvalue weighted by Gasteiger charge is 2.20. The van der Waals surface area contributed by atoms with Crippen molar-refractivity contribution >= 4 is 44.8 Å². The first-order valence-electron chi connectivity index (χ1n) is 9.73. The van der Waals surface area contributed by atoms with Crippen molar-refractivity contribution in [1.29, 1.82) is 0 Å². The van der Waals surface area contributed by atoms with Crippen molar-refractivity contribution in [3.63, 3.8) is 0 Å². The largest absolute Gasteiger partial charge is 0.464 e. The molecule has 0 saturated heterocycles. The smallest absolute Gasteiger partial charge is 0.416 e. The molecule has 0 aliphatic heterocycles. The topological polar surface area (TPSA) is 110 Å². The van der Waals surface area contributed by atoms with Crippen LogP contribution in [0.2, 0.25) is 0 Å². The minimum atomic E-state index is -1.06. The monoisotopic (exact) mass is 442 g/mol. The lowest BCUT2D eigenvalue weighted by Gasteiger charge is -2.20. The third-order valence-corrected chi connectivity index (χ3v) is 6.16. The Kier molecular flexibility index (Phi) is 4.79. The Bertz CT molecular complexity index is 1440. The lowest BCUT2D eigenvalue weighted by atomic mass is 10.1. The van der Waals surface area contributed by atoms with Crippen LogP contribution in [0.1, 0.15) is 0 Å². The van der Waals surface area contributed by atoms with E-state index in [-0.39, 0.29) is 0 Å². The molecule has 3 N–H and O–H groups in total. The molecule has 5 aromatic rings. The Hall–Kier alpha value is -4.24. The number of nitrogens with two attached hydrogens (primary N) is 1. The number of rotatable bonds is 4. The number of imidazole rings is 1. The van der Waals surface area contributed by atoms with Crippen molar-refractivity contribution in [2.45, 2.75) is 0 Å². The molecule has 32 heavy (non-hydrogen) atoms. The van der Waals surface area contributed by atoms with Gasteiger partial charge in [0.2, 0.25) is 0 Å². The van der Waals surface area contributed by atoms with E-state index in [0.29, 0.717) is 17.2 Å². The van der Waals surface area contributed by atoms with E-state index in [1.165, 1.54) is 22.6 Å². The number of carbonyl (C=O) groups is 1. The second kappa shape index (κ2) is 7.78. The maximum absolute atomic E-state index is 12.1. The Morgan fingerprint density at radius 2 is 1.81 bits per heavy atom. The number of nitrogens with zero attached hydrogens (tertiary/aromatic N) is 5. The number of amides is 1. The molecule has 0 atom stereocenters. The van der Waals surface area contributed by atoms with E-state index in [1.54, 1.807) is 24.5 Å². The van der Waals surface area contributed by atoms with Crippen LogP contribution in [0.5, 0.6) is 0 Å². The van der Waals surface area contributed by atoms with Crippen LogP contribution >= 0.6 is 11.3 Å². The lowest BCUT2D eigenvalue weighted by Crippen LogP contribution is -2.23. The van der Waals surface area contributed by atoms with E-state index in [9.17, 15) is 9.90 Å². The van der Waals surface area contributed by atoms with Crippen molar-refractivity contribution in [3.05, 3.63) is 73.3 Å². The fourth-order valence-corrected chi connectivity index (χ4v) is 4.76. The summed E-state index contributed by atoms with van der Waals surface area (Å²) in [5, 5.41) is 10.7. The molecule has 8 nitrogen and oxygen atoms in total. The van der Waals surface area contributed by atoms with Gasteiger partial charge in [0, 0.05) is 12.6 Å². The van der Waals surface area contributed by atoms with Crippen molar-refractivity contribution < 1.29 is 9.90 Å². The number of aryl methyl sites for hydroxylation is 1. The number of fused-ring (bicyclic) bond motifs is 1. The van der Waals surface area contributed by atoms with Gasteiger partial charge in [-0.25, -0.2) is 24.6 Å². The Balaban J connectivity index is 1.63. The average molecular weight is 443 g/mol. The van der Waals surface area contributed by atoms with Crippen molar-refractivity contribution in [2.24, 2.45) is 7.05 Å². The highest BCUT2D eigenvalue weighted by atomic mass is 32.1. The number of nitrogen functional groups attached to an aromatic ring is 1. The number of hydrogen-bond donors (Lipinski definition) is 2. The van der Waals surface area contributed by atoms with E-state index >= 15 is 0 Å². The molecule has 158 valence electrons. The maximum Gasteiger partial charge on any atom is 0.416 e. The normalized spacial score (nSPS) is 11.0. The van der Waals surface area contributed by atoms with E-state index in [4.69, 9.17) is 5.73 Å². The van der Waals surface area contributed by atoms with E-state index < -0.39 is 6.09 Å². The second-order valence-corrected chi connectivity index (χ2v) is 8.18. The molecule has 0 aliphatic rings. The first kappa shape index (κ1) is 19.7. The van der Waals surface area contributed by atoms with E-state index in [1.807, 2.05) is 54.1 Å². The van der Waals surface area contributed by atoms with Gasteiger partial charge in [-0.2, -0.15) is 0 Å². The van der Waals surface area contributed by atoms with Crippen LogP contribution in [0.4, 0.5) is 22.0 Å². The van der Waals surface area contributed by atoms with Crippen LogP contribution in [0, 0.1) is 0 Å². The fraction of sp³-hybridized carbons (Fsp3) is 0.0435. The third kappa shape index (κ3) is 3.34. The van der Waals surface area contributed by atoms with Gasteiger partial charge in [0.15, 0.2) is 0 Å². The quantitative estimate of drug-likeness (QED) is 0.398. The molecule has 0 unspecified atom stereocenters. The first-order chi connectivity index (χ1) is 15.5. The first-order valence-corrected chi connectivity index (χ1v) is 10.5. The van der Waals surface area contributed by atoms with Gasteiger partial charge in [-0.3, -0.25) is 0 Å². The summed E-state index contributed by atoms with van der Waals surface area (Å²) in [6.07, 6.45) is 2.13. The Labute approximate surface area is 187 Å². The van der Waals surface area contributed by atoms with Crippen molar-refractivity contribution in [2.75, 3.05) is 10.6 Å². The molecule has 0 radical (unpaired) electrons. The van der Waals surface area contributed by atoms with Gasteiger partial charge in [0.1, 0.15) is 17.0 Å². The predicted octanol–water partition coefficient (Wildman–Crippen LogP) is 5.16. The molecule has 0 fully saturated rings.